The van der Waals surface area contributed by atoms with Crippen LogP contribution in [-0.4, -0.2) is 153 Å². The van der Waals surface area contributed by atoms with Gasteiger partial charge in [-0.3, -0.25) is 18.7 Å². The number of nitrogens with one attached hydrogen (secondary N) is 2. The monoisotopic (exact) mass is 1290 g/mol. The Bertz CT molecular complexity index is 2760. The van der Waals surface area contributed by atoms with Crippen molar-refractivity contribution in [3.8, 4) is 0 Å². The van der Waals surface area contributed by atoms with Crippen LogP contribution in [0.25, 0.3) is 0 Å². The van der Waals surface area contributed by atoms with Gasteiger partial charge in [0.2, 0.25) is 16.2 Å². The molecule has 2 unspecified atom stereocenters. The van der Waals surface area contributed by atoms with Gasteiger partial charge < -0.3 is 56.5 Å². The van der Waals surface area contributed by atoms with Crippen LogP contribution < -0.4 is 22.0 Å². The van der Waals surface area contributed by atoms with E-state index in [1.807, 2.05) is 40.2 Å². The van der Waals surface area contributed by atoms with E-state index < -0.39 is 91.9 Å². The van der Waals surface area contributed by atoms with Gasteiger partial charge in [0.15, 0.2) is 28.7 Å². The second-order valence-corrected chi connectivity index (χ2v) is 39.4. The molecule has 0 radical (unpaired) electrons. The molecule has 4 aliphatic heterocycles. The van der Waals surface area contributed by atoms with Crippen LogP contribution in [-0.2, 0) is 50.4 Å². The molecule has 3 N–H and O–H groups in total. The van der Waals surface area contributed by atoms with E-state index >= 15 is 0 Å². The van der Waals surface area contributed by atoms with Crippen molar-refractivity contribution in [1.29, 1.82) is 0 Å². The van der Waals surface area contributed by atoms with Crippen molar-refractivity contribution in [2.75, 3.05) is 36.4 Å². The molecule has 4 aliphatic rings. The van der Waals surface area contributed by atoms with Crippen LogP contribution in [0.4, 0.5) is 11.6 Å². The van der Waals surface area contributed by atoms with Crippen LogP contribution >= 0.6 is 48.0 Å². The molecule has 0 spiro atoms. The van der Waals surface area contributed by atoms with Crippen LogP contribution in [0.2, 0.25) is 33.2 Å². The first-order chi connectivity index (χ1) is 38.8. The van der Waals surface area contributed by atoms with Crippen molar-refractivity contribution >= 4 is 106 Å². The Hall–Kier alpha value is -3.19. The summed E-state index contributed by atoms with van der Waals surface area (Å²) < 4.78 is 65.8. The second-order valence-electron chi connectivity index (χ2n) is 23.4. The quantitative estimate of drug-likeness (QED) is 0.106. The number of aliphatic hydroxyl groups excluding tert-OH is 1. The van der Waals surface area contributed by atoms with Crippen molar-refractivity contribution in [1.82, 2.24) is 33.9 Å². The van der Waals surface area contributed by atoms with Crippen LogP contribution in [0.15, 0.2) is 46.8 Å². The summed E-state index contributed by atoms with van der Waals surface area (Å²) in [6, 6.07) is 3.04. The van der Waals surface area contributed by atoms with Crippen LogP contribution in [0.1, 0.15) is 137 Å². The molecule has 23 nitrogen and oxygen atoms in total. The highest BCUT2D eigenvalue weighted by Gasteiger charge is 2.63. The number of carbonyl (C=O) groups excluding carboxylic acids is 2. The minimum atomic E-state index is -2.97. The molecule has 4 fully saturated rings. The molecule has 4 saturated heterocycles. The summed E-state index contributed by atoms with van der Waals surface area (Å²) in [5.41, 5.74) is -0.364. The number of hydrogen-bond acceptors (Lipinski definition) is 22. The third-order valence-electron chi connectivity index (χ3n) is 15.3. The predicted octanol–water partition coefficient (Wildman–Crippen LogP) is 9.03. The Labute approximate surface area is 511 Å². The summed E-state index contributed by atoms with van der Waals surface area (Å²) >= 11 is 13.1. The number of amides is 2. The second kappa shape index (κ2) is 29.7. The van der Waals surface area contributed by atoms with Gasteiger partial charge in [0, 0.05) is 38.1 Å². The number of aromatic nitrogens is 7. The number of ether oxygens (including phenoxy) is 4. The molecule has 30 heteroatoms. The number of aliphatic hydroxyl groups is 1. The van der Waals surface area contributed by atoms with Gasteiger partial charge in [0.25, 0.3) is 0 Å². The molecule has 0 bridgehead atoms. The van der Waals surface area contributed by atoms with Crippen LogP contribution in [0.3, 0.4) is 0 Å². The van der Waals surface area contributed by atoms with E-state index in [0.29, 0.717) is 8.70 Å². The zero-order valence-corrected chi connectivity index (χ0v) is 57.9. The number of thioether (sulfide) groups is 2. The van der Waals surface area contributed by atoms with Gasteiger partial charge in [-0.15, -0.1) is 0 Å². The van der Waals surface area contributed by atoms with Crippen molar-refractivity contribution in [3.63, 3.8) is 0 Å². The average Bonchev–Trinajstić information content (AvgIpc) is 2.14. The molecule has 3 aromatic heterocycles. The molecular formula is C53H89N9O14S4Si3. The third kappa shape index (κ3) is 15.8. The fraction of sp³-hybridized carbons (Fsp3) is 0.736. The first-order valence-electron chi connectivity index (χ1n) is 28.2. The number of nitrogens with zero attached hydrogens (tertiary/aromatic N) is 7. The maximum Gasteiger partial charge on any atom is 0.351 e. The predicted molar refractivity (Wildman–Crippen MR) is 336 cm³/mol. The molecule has 466 valence electrons. The number of thiocarbonyl (C=S) groups is 2. The zero-order chi connectivity index (χ0) is 62.3. The van der Waals surface area contributed by atoms with Gasteiger partial charge in [-0.25, -0.2) is 19.3 Å². The lowest BCUT2D eigenvalue weighted by Crippen LogP contribution is -2.66. The minimum absolute atomic E-state index is 0.0400. The molecule has 0 aliphatic carbocycles. The molecule has 0 saturated carbocycles. The van der Waals surface area contributed by atoms with Crippen LogP contribution in [0, 0.1) is 11.8 Å². The first-order valence-corrected chi connectivity index (χ1v) is 37.4. The Balaban J connectivity index is 0.000000265. The Morgan fingerprint density at radius 3 is 1.57 bits per heavy atom. The fourth-order valence-electron chi connectivity index (χ4n) is 11.1. The Kier molecular flexibility index (Phi) is 25.2. The van der Waals surface area contributed by atoms with Crippen molar-refractivity contribution in [2.45, 2.75) is 213 Å². The standard InChI is InChI=1S/C25H43N3O7S2Si2.C24H41N3O7Si.C4H5N3S2/c1-14(2)38(15(3)4)31-13-19-21(34-39(35-38,16(5)6)17(7)8)22(33-25(36)37-10)23(32-19)28-12-11-20(26-18(9)29)27-24(28)30;1-13(2)24(14(3)4)33-21-18(12-31-35(34-24,15(5)6)16(7)8)32-22(20(21)29)27-11-10-19(25-17(9)28)26-23(27)30;1-9-4(8)7-3-5-2-6-7/h11-12,14-17,19,21-23H,13H2,1-10H3,(H,26,27,29,30);10-11,13-16,18,20-22,29H,12H2,1-9H3,(H,25,26,28,30);2-3H,1H3/t19-,21+,22?,23-;18-,20?,21+,22-;/m11./s1. The number of hydrogen-bond donors (Lipinski definition) is 3. The zero-order valence-electron chi connectivity index (χ0n) is 51.6. The van der Waals surface area contributed by atoms with E-state index in [0.717, 1.165) is 0 Å². The van der Waals surface area contributed by atoms with Crippen molar-refractivity contribution in [3.05, 3.63) is 58.1 Å². The minimum Gasteiger partial charge on any atom is -0.468 e. The van der Waals surface area contributed by atoms with E-state index in [-0.39, 0.29) is 81.7 Å². The van der Waals surface area contributed by atoms with Crippen molar-refractivity contribution < 1.29 is 55.5 Å². The maximum atomic E-state index is 13.1. The summed E-state index contributed by atoms with van der Waals surface area (Å²) in [5.74, 6) is -1.45. The first kappa shape index (κ1) is 70.6. The van der Waals surface area contributed by atoms with Gasteiger partial charge in [0.05, 0.1) is 13.2 Å². The summed E-state index contributed by atoms with van der Waals surface area (Å²) in [5, 5.41) is 20.2. The van der Waals surface area contributed by atoms with Gasteiger partial charge in [-0.2, -0.15) is 15.1 Å². The number of anilines is 2. The van der Waals surface area contributed by atoms with Gasteiger partial charge in [0.1, 0.15) is 54.8 Å². The van der Waals surface area contributed by atoms with E-state index in [4.69, 9.17) is 65.2 Å². The molecular weight excluding hydrogens is 1200 g/mol. The van der Waals surface area contributed by atoms with E-state index in [1.165, 1.54) is 71.3 Å². The smallest absolute Gasteiger partial charge is 0.351 e. The lowest BCUT2D eigenvalue weighted by atomic mass is 9.91. The topological polar surface area (TPSA) is 262 Å². The molecule has 83 heavy (non-hydrogen) atoms. The average molecular weight is 1290 g/mol. The van der Waals surface area contributed by atoms with E-state index in [9.17, 15) is 24.3 Å². The number of fused-ring (bicyclic) bond motifs is 2. The lowest BCUT2D eigenvalue weighted by molar-refractivity contribution is -0.297. The summed E-state index contributed by atoms with van der Waals surface area (Å²) in [7, 11) is -8.54. The third-order valence-corrected chi connectivity index (χ3v) is 32.2. The Morgan fingerprint density at radius 2 is 1.16 bits per heavy atom. The van der Waals surface area contributed by atoms with E-state index in [1.54, 1.807) is 17.1 Å². The summed E-state index contributed by atoms with van der Waals surface area (Å²) in [4.78, 5) is 60.3. The maximum absolute atomic E-state index is 13.1. The van der Waals surface area contributed by atoms with Gasteiger partial charge in [-0.05, 0) is 70.1 Å². The molecule has 7 heterocycles. The fourth-order valence-corrected chi connectivity index (χ4v) is 27.0. The molecule has 2 amide bonds. The normalized spacial score (nSPS) is 25.4. The highest BCUT2D eigenvalue weighted by molar-refractivity contribution is 8.22. The van der Waals surface area contributed by atoms with Crippen LogP contribution in [0.5, 0.6) is 0 Å². The van der Waals surface area contributed by atoms with Gasteiger partial charge in [-0.1, -0.05) is 147 Å². The molecule has 0 aromatic carbocycles. The number of carbonyl (C=O) groups is 2. The summed E-state index contributed by atoms with van der Waals surface area (Å²) in [6.07, 6.45) is 3.45. The van der Waals surface area contributed by atoms with E-state index in [2.05, 4.69) is 114 Å². The summed E-state index contributed by atoms with van der Waals surface area (Å²) in [6.45, 7) is 37.0. The Morgan fingerprint density at radius 1 is 0.699 bits per heavy atom. The van der Waals surface area contributed by atoms with Gasteiger partial charge >= 0.3 is 37.1 Å². The largest absolute Gasteiger partial charge is 0.468 e. The highest BCUT2D eigenvalue weighted by atomic mass is 32.2. The molecule has 7 rings (SSSR count). The molecule has 3 aromatic rings. The molecule has 8 atom stereocenters. The number of rotatable bonds is 13. The van der Waals surface area contributed by atoms with Crippen molar-refractivity contribution in [2.24, 2.45) is 11.8 Å². The SMILES string of the molecule is CC(=O)Nc1ccn([C@@H]2O[C@@H]3CO[Si](C(C)C)(C(C)C)OC(C(C)C)(C(C)C)O[C@@H]3C2O)c(=O)n1.CSC(=S)OC1[C@H]2O[Si](C(C)C)(C(C)C)O[Si](C(C)C)(C(C)C)OC[C@H]2O[C@H]1n1ccc(NC(C)=O)nc1=O.CSC(=S)n1cncn1. The highest BCUT2D eigenvalue weighted by Crippen LogP contribution is 2.50. The lowest BCUT2D eigenvalue weighted by Gasteiger charge is -2.52.